The Morgan fingerprint density at radius 1 is 1.27 bits per heavy atom. The molecular weight excluding hydrogens is 427 g/mol. The van der Waals surface area contributed by atoms with Gasteiger partial charge in [0.05, 0.1) is 6.10 Å². The Morgan fingerprint density at radius 2 is 1.97 bits per heavy atom. The van der Waals surface area contributed by atoms with E-state index in [9.17, 15) is 24.6 Å². The first-order valence-corrected chi connectivity index (χ1v) is 12.1. The van der Waals surface area contributed by atoms with Crippen molar-refractivity contribution in [2.24, 2.45) is 28.6 Å². The number of aliphatic carboxylic acids is 1. The number of unbranched alkanes of at least 4 members (excludes halogenated alkanes) is 1. The molecule has 0 aromatic carbocycles. The Kier molecular flexibility index (Phi) is 5.67. The monoisotopic (exact) mass is 462 g/mol. The number of hydrogen-bond donors (Lipinski definition) is 2. The van der Waals surface area contributed by atoms with E-state index in [2.05, 4.69) is 0 Å². The number of carboxylic acid groups (broad SMARTS) is 1. The van der Waals surface area contributed by atoms with Crippen LogP contribution in [0.4, 0.5) is 4.39 Å². The molecule has 6 nitrogen and oxygen atoms in total. The third kappa shape index (κ3) is 2.96. The fraction of sp³-hybridized carbons (Fsp3) is 0.731. The summed E-state index contributed by atoms with van der Waals surface area (Å²) in [5.41, 5.74) is -5.44. The molecule has 4 aliphatic carbocycles. The van der Waals surface area contributed by atoms with Crippen LogP contribution in [0.2, 0.25) is 0 Å². The van der Waals surface area contributed by atoms with Gasteiger partial charge in [-0.05, 0) is 57.1 Å². The third-order valence-electron chi connectivity index (χ3n) is 9.51. The lowest BCUT2D eigenvalue weighted by molar-refractivity contribution is -0.234. The summed E-state index contributed by atoms with van der Waals surface area (Å²) in [7, 11) is 0. The van der Waals surface area contributed by atoms with Gasteiger partial charge in [-0.15, -0.1) is 0 Å². The van der Waals surface area contributed by atoms with Gasteiger partial charge in [-0.1, -0.05) is 38.8 Å². The van der Waals surface area contributed by atoms with Gasteiger partial charge in [0.25, 0.3) is 0 Å². The van der Waals surface area contributed by atoms with Crippen LogP contribution in [-0.4, -0.2) is 45.3 Å². The molecule has 8 atom stereocenters. The summed E-state index contributed by atoms with van der Waals surface area (Å²) in [5, 5.41) is 21.8. The summed E-state index contributed by atoms with van der Waals surface area (Å²) in [4.78, 5) is 37.4. The summed E-state index contributed by atoms with van der Waals surface area (Å²) >= 11 is 0. The number of aliphatic hydroxyl groups is 1. The molecule has 4 aliphatic rings. The number of fused-ring (bicyclic) bond motifs is 5. The highest BCUT2D eigenvalue weighted by molar-refractivity contribution is 6.01. The molecule has 7 heteroatoms. The second kappa shape index (κ2) is 7.76. The van der Waals surface area contributed by atoms with Gasteiger partial charge in [-0.2, -0.15) is 0 Å². The molecule has 0 spiro atoms. The van der Waals surface area contributed by atoms with Gasteiger partial charge in [0, 0.05) is 29.1 Å². The van der Waals surface area contributed by atoms with Crippen molar-refractivity contribution in [1.29, 1.82) is 0 Å². The summed E-state index contributed by atoms with van der Waals surface area (Å²) in [6.07, 6.45) is 5.63. The van der Waals surface area contributed by atoms with Crippen LogP contribution in [0.25, 0.3) is 0 Å². The minimum absolute atomic E-state index is 0.128. The maximum Gasteiger partial charge on any atom is 0.349 e. The first-order valence-electron chi connectivity index (χ1n) is 12.1. The van der Waals surface area contributed by atoms with E-state index in [1.54, 1.807) is 26.8 Å². The average Bonchev–Trinajstić information content (AvgIpc) is 2.96. The first-order chi connectivity index (χ1) is 15.4. The molecule has 0 unspecified atom stereocenters. The fourth-order valence-corrected chi connectivity index (χ4v) is 7.80. The highest BCUT2D eigenvalue weighted by Crippen LogP contribution is 2.71. The second-order valence-corrected chi connectivity index (χ2v) is 11.0. The van der Waals surface area contributed by atoms with Gasteiger partial charge in [0.15, 0.2) is 11.5 Å². The lowest BCUT2D eigenvalue weighted by Crippen LogP contribution is -2.69. The topological polar surface area (TPSA) is 101 Å². The van der Waals surface area contributed by atoms with Crippen LogP contribution in [0.5, 0.6) is 0 Å². The van der Waals surface area contributed by atoms with Crippen LogP contribution >= 0.6 is 0 Å². The molecule has 3 saturated carbocycles. The number of ketones is 1. The van der Waals surface area contributed by atoms with Crippen LogP contribution in [0.15, 0.2) is 23.8 Å². The van der Waals surface area contributed by atoms with Gasteiger partial charge in [-0.25, -0.2) is 9.18 Å². The van der Waals surface area contributed by atoms with Crippen molar-refractivity contribution in [3.8, 4) is 0 Å². The summed E-state index contributed by atoms with van der Waals surface area (Å²) in [6.45, 7) is 7.17. The number of alkyl halides is 1. The molecule has 0 radical (unpaired) electrons. The van der Waals surface area contributed by atoms with Crippen molar-refractivity contribution in [2.75, 3.05) is 0 Å². The Balaban J connectivity index is 1.78. The third-order valence-corrected chi connectivity index (χ3v) is 9.51. The van der Waals surface area contributed by atoms with Crippen molar-refractivity contribution in [2.45, 2.75) is 90.0 Å². The van der Waals surface area contributed by atoms with E-state index in [0.29, 0.717) is 31.3 Å². The van der Waals surface area contributed by atoms with Crippen LogP contribution in [-0.2, 0) is 19.1 Å². The smallest absolute Gasteiger partial charge is 0.349 e. The maximum absolute atomic E-state index is 17.2. The number of halogens is 1. The predicted octanol–water partition coefficient (Wildman–Crippen LogP) is 4.16. The number of rotatable bonds is 5. The predicted molar refractivity (Wildman–Crippen MR) is 119 cm³/mol. The lowest BCUT2D eigenvalue weighted by Gasteiger charge is -2.62. The molecule has 0 aromatic rings. The summed E-state index contributed by atoms with van der Waals surface area (Å²) in [6, 6.07) is 0. The molecule has 0 saturated heterocycles. The second-order valence-electron chi connectivity index (χ2n) is 11.0. The maximum atomic E-state index is 17.2. The molecule has 2 N–H and O–H groups in total. The molecule has 3 fully saturated rings. The number of hydrogen-bond acceptors (Lipinski definition) is 5. The van der Waals surface area contributed by atoms with E-state index >= 15 is 4.39 Å². The number of allylic oxidation sites excluding steroid dienone is 4. The standard InChI is InChI=1S/C26H35FO6/c1-5-6-7-21(30)33-26(22(31)32)15(2)12-19-18-9-8-16-13-17(28)10-11-23(16,3)25(18,27)20(29)14-24(19,26)4/h10-11,13,15,18-20,29H,5-9,12,14H2,1-4H3,(H,31,32)/t15-,18-,19-,20-,23-,24-,25-,26-/m0/s1. The minimum atomic E-state index is -2.04. The number of carbonyl (C=O) groups excluding carboxylic acids is 2. The molecular formula is C26H35FO6. The van der Waals surface area contributed by atoms with Crippen molar-refractivity contribution < 1.29 is 33.7 Å². The van der Waals surface area contributed by atoms with Crippen LogP contribution in [0, 0.1) is 28.6 Å². The zero-order valence-corrected chi connectivity index (χ0v) is 19.9. The van der Waals surface area contributed by atoms with E-state index in [-0.39, 0.29) is 24.5 Å². The van der Waals surface area contributed by atoms with Gasteiger partial charge >= 0.3 is 11.9 Å². The zero-order valence-electron chi connectivity index (χ0n) is 19.9. The normalized spacial score (nSPS) is 46.1. The number of aliphatic hydroxyl groups excluding tert-OH is 1. The minimum Gasteiger partial charge on any atom is -0.478 e. The average molecular weight is 463 g/mol. The Morgan fingerprint density at radius 3 is 2.61 bits per heavy atom. The molecule has 0 bridgehead atoms. The van der Waals surface area contributed by atoms with Crippen molar-refractivity contribution >= 4 is 17.7 Å². The van der Waals surface area contributed by atoms with Crippen LogP contribution < -0.4 is 0 Å². The Bertz CT molecular complexity index is 941. The molecule has 0 aliphatic heterocycles. The van der Waals surface area contributed by atoms with E-state index in [0.717, 1.165) is 6.42 Å². The Hall–Kier alpha value is -2.02. The Labute approximate surface area is 194 Å². The van der Waals surface area contributed by atoms with Gasteiger partial charge in [-0.3, -0.25) is 9.59 Å². The van der Waals surface area contributed by atoms with Gasteiger partial charge in [0.1, 0.15) is 0 Å². The van der Waals surface area contributed by atoms with Crippen LogP contribution in [0.1, 0.15) is 72.6 Å². The van der Waals surface area contributed by atoms with E-state index in [1.807, 2.05) is 6.92 Å². The lowest BCUT2D eigenvalue weighted by atomic mass is 9.44. The number of carbonyl (C=O) groups is 3. The molecule has 0 heterocycles. The van der Waals surface area contributed by atoms with Gasteiger partial charge < -0.3 is 14.9 Å². The molecule has 0 aromatic heterocycles. The van der Waals surface area contributed by atoms with Crippen LogP contribution in [0.3, 0.4) is 0 Å². The van der Waals surface area contributed by atoms with E-state index in [4.69, 9.17) is 4.74 Å². The first kappa shape index (κ1) is 24.1. The van der Waals surface area contributed by atoms with Crippen molar-refractivity contribution in [1.82, 2.24) is 0 Å². The number of ether oxygens (including phenoxy) is 1. The summed E-state index contributed by atoms with van der Waals surface area (Å²) in [5.74, 6) is -3.51. The van der Waals surface area contributed by atoms with E-state index < -0.39 is 52.0 Å². The summed E-state index contributed by atoms with van der Waals surface area (Å²) < 4.78 is 23.0. The zero-order chi connectivity index (χ0) is 24.4. The van der Waals surface area contributed by atoms with Crippen molar-refractivity contribution in [3.05, 3.63) is 23.8 Å². The largest absolute Gasteiger partial charge is 0.478 e. The number of esters is 1. The van der Waals surface area contributed by atoms with E-state index in [1.165, 1.54) is 12.2 Å². The molecule has 4 rings (SSSR count). The highest BCUT2D eigenvalue weighted by atomic mass is 19.1. The molecule has 182 valence electrons. The van der Waals surface area contributed by atoms with Crippen molar-refractivity contribution in [3.63, 3.8) is 0 Å². The fourth-order valence-electron chi connectivity index (χ4n) is 7.80. The molecule has 33 heavy (non-hydrogen) atoms. The number of carboxylic acids is 1. The van der Waals surface area contributed by atoms with Gasteiger partial charge in [0.2, 0.25) is 5.60 Å². The SMILES string of the molecule is CCCCC(=O)O[C@]1(C(=O)O)[C@@H](C)C[C@H]2[C@@H]3CCC4=CC(=O)C=C[C@]4(C)[C@@]3(F)[C@@H](O)C[C@@]21C. The molecule has 0 amide bonds. The quantitative estimate of drug-likeness (QED) is 0.595. The highest BCUT2D eigenvalue weighted by Gasteiger charge is 2.77.